The van der Waals surface area contributed by atoms with Crippen LogP contribution in [0.1, 0.15) is 12.5 Å². The van der Waals surface area contributed by atoms with Gasteiger partial charge in [-0.05, 0) is 25.1 Å². The molecule has 4 heteroatoms. The molecule has 0 nitrogen and oxygen atoms in total. The predicted molar refractivity (Wildman–Crippen MR) is 59.4 cm³/mol. The Bertz CT molecular complexity index is 512. The molecule has 0 atom stereocenters. The van der Waals surface area contributed by atoms with Crippen molar-refractivity contribution in [1.82, 2.24) is 0 Å². The SMILES string of the molecule is C=C(C)/C=C(/F)C(=C)c1ccc(F)c(F)c1F. The van der Waals surface area contributed by atoms with Crippen molar-refractivity contribution in [3.05, 3.63) is 65.8 Å². The average Bonchev–Trinajstić information content (AvgIpc) is 2.24. The molecule has 1 aromatic carbocycles. The molecule has 0 aliphatic carbocycles. The van der Waals surface area contributed by atoms with Crippen LogP contribution in [0.5, 0.6) is 0 Å². The van der Waals surface area contributed by atoms with Gasteiger partial charge in [0.05, 0.1) is 0 Å². The first-order chi connectivity index (χ1) is 7.84. The van der Waals surface area contributed by atoms with Crippen molar-refractivity contribution in [2.75, 3.05) is 0 Å². The minimum atomic E-state index is -1.65. The number of hydrogen-bond donors (Lipinski definition) is 0. The summed E-state index contributed by atoms with van der Waals surface area (Å²) in [5.41, 5.74) is -0.380. The molecule has 0 unspecified atom stereocenters. The highest BCUT2D eigenvalue weighted by molar-refractivity contribution is 5.76. The largest absolute Gasteiger partial charge is 0.206 e. The van der Waals surface area contributed by atoms with Crippen molar-refractivity contribution in [1.29, 1.82) is 0 Å². The third kappa shape index (κ3) is 2.84. The van der Waals surface area contributed by atoms with E-state index in [4.69, 9.17) is 0 Å². The summed E-state index contributed by atoms with van der Waals surface area (Å²) >= 11 is 0. The van der Waals surface area contributed by atoms with E-state index >= 15 is 0 Å². The van der Waals surface area contributed by atoms with Crippen LogP contribution in [0.4, 0.5) is 17.6 Å². The summed E-state index contributed by atoms with van der Waals surface area (Å²) in [5.74, 6) is -5.28. The van der Waals surface area contributed by atoms with E-state index in [0.29, 0.717) is 11.6 Å². The number of allylic oxidation sites excluding steroid dienone is 4. The summed E-state index contributed by atoms with van der Waals surface area (Å²) in [6.45, 7) is 8.27. The van der Waals surface area contributed by atoms with E-state index in [2.05, 4.69) is 13.2 Å². The lowest BCUT2D eigenvalue weighted by atomic mass is 10.0. The quantitative estimate of drug-likeness (QED) is 0.414. The van der Waals surface area contributed by atoms with Gasteiger partial charge in [0.25, 0.3) is 0 Å². The number of benzene rings is 1. The van der Waals surface area contributed by atoms with Gasteiger partial charge in [-0.25, -0.2) is 17.6 Å². The fourth-order valence-electron chi connectivity index (χ4n) is 1.19. The van der Waals surface area contributed by atoms with Crippen LogP contribution in [0.3, 0.4) is 0 Å². The first-order valence-corrected chi connectivity index (χ1v) is 4.70. The lowest BCUT2D eigenvalue weighted by molar-refractivity contribution is 0.445. The van der Waals surface area contributed by atoms with Gasteiger partial charge in [-0.15, -0.1) is 0 Å². The van der Waals surface area contributed by atoms with Crippen molar-refractivity contribution in [3.63, 3.8) is 0 Å². The minimum absolute atomic E-state index is 0.357. The summed E-state index contributed by atoms with van der Waals surface area (Å²) in [5, 5.41) is 0. The van der Waals surface area contributed by atoms with E-state index in [0.717, 1.165) is 12.1 Å². The summed E-state index contributed by atoms with van der Waals surface area (Å²) in [4.78, 5) is 0. The van der Waals surface area contributed by atoms with Gasteiger partial charge in [0.15, 0.2) is 17.5 Å². The zero-order chi connectivity index (χ0) is 13.2. The van der Waals surface area contributed by atoms with Crippen LogP contribution < -0.4 is 0 Å². The Kier molecular flexibility index (Phi) is 3.89. The van der Waals surface area contributed by atoms with E-state index in [9.17, 15) is 17.6 Å². The molecule has 0 spiro atoms. The molecule has 17 heavy (non-hydrogen) atoms. The van der Waals surface area contributed by atoms with Crippen LogP contribution in [-0.4, -0.2) is 0 Å². The second kappa shape index (κ2) is 4.99. The third-order valence-corrected chi connectivity index (χ3v) is 2.02. The molecule has 90 valence electrons. The fraction of sp³-hybridized carbons (Fsp3) is 0.0769. The van der Waals surface area contributed by atoms with Crippen molar-refractivity contribution in [3.8, 4) is 0 Å². The monoisotopic (exact) mass is 242 g/mol. The fourth-order valence-corrected chi connectivity index (χ4v) is 1.19. The average molecular weight is 242 g/mol. The van der Waals surface area contributed by atoms with Gasteiger partial charge in [0.2, 0.25) is 0 Å². The van der Waals surface area contributed by atoms with E-state index in [1.165, 1.54) is 6.92 Å². The van der Waals surface area contributed by atoms with Crippen molar-refractivity contribution < 1.29 is 17.6 Å². The van der Waals surface area contributed by atoms with Crippen molar-refractivity contribution in [2.45, 2.75) is 6.92 Å². The molecule has 1 rings (SSSR count). The molecule has 0 bridgehead atoms. The van der Waals surface area contributed by atoms with Crippen LogP contribution in [0.25, 0.3) is 5.57 Å². The maximum absolute atomic E-state index is 13.5. The molecule has 1 aromatic rings. The number of hydrogen-bond acceptors (Lipinski definition) is 0. The maximum Gasteiger partial charge on any atom is 0.195 e. The predicted octanol–water partition coefficient (Wildman–Crippen LogP) is 4.55. The highest BCUT2D eigenvalue weighted by Gasteiger charge is 2.17. The van der Waals surface area contributed by atoms with Crippen LogP contribution in [-0.2, 0) is 0 Å². The van der Waals surface area contributed by atoms with E-state index in [-0.39, 0.29) is 5.57 Å². The van der Waals surface area contributed by atoms with E-state index in [1.54, 1.807) is 0 Å². The Morgan fingerprint density at radius 1 is 1.12 bits per heavy atom. The standard InChI is InChI=1S/C13H10F4/c1-7(2)6-11(15)8(3)9-4-5-10(14)13(17)12(9)16/h4-6H,1,3H2,2H3/b11-6+. The Morgan fingerprint density at radius 3 is 2.24 bits per heavy atom. The first kappa shape index (κ1) is 13.2. The van der Waals surface area contributed by atoms with Crippen molar-refractivity contribution in [2.24, 2.45) is 0 Å². The molecule has 0 aromatic heterocycles. The van der Waals surface area contributed by atoms with Crippen LogP contribution >= 0.6 is 0 Å². The number of rotatable bonds is 3. The molecule has 0 amide bonds. The summed E-state index contributed by atoms with van der Waals surface area (Å²) in [6, 6.07) is 1.65. The third-order valence-electron chi connectivity index (χ3n) is 2.02. The smallest absolute Gasteiger partial charge is 0.195 e. The Labute approximate surface area is 96.6 Å². The zero-order valence-electron chi connectivity index (χ0n) is 9.16. The molecule has 0 heterocycles. The molecule has 0 aliphatic rings. The molecule has 0 radical (unpaired) electrons. The molecule has 0 aliphatic heterocycles. The van der Waals surface area contributed by atoms with Gasteiger partial charge >= 0.3 is 0 Å². The molecule has 0 fully saturated rings. The molecule has 0 N–H and O–H groups in total. The van der Waals surface area contributed by atoms with Gasteiger partial charge in [-0.3, -0.25) is 0 Å². The Morgan fingerprint density at radius 2 is 1.71 bits per heavy atom. The van der Waals surface area contributed by atoms with Gasteiger partial charge in [0, 0.05) is 11.1 Å². The summed E-state index contributed by atoms with van der Waals surface area (Å²) in [7, 11) is 0. The van der Waals surface area contributed by atoms with E-state index < -0.39 is 28.8 Å². The lowest BCUT2D eigenvalue weighted by Crippen LogP contribution is -1.97. The summed E-state index contributed by atoms with van der Waals surface area (Å²) < 4.78 is 52.4. The Hall–Kier alpha value is -1.84. The second-order valence-electron chi connectivity index (χ2n) is 3.54. The molecular formula is C13H10F4. The zero-order valence-corrected chi connectivity index (χ0v) is 9.16. The van der Waals surface area contributed by atoms with Gasteiger partial charge in [-0.2, -0.15) is 0 Å². The topological polar surface area (TPSA) is 0 Å². The van der Waals surface area contributed by atoms with Gasteiger partial charge < -0.3 is 0 Å². The van der Waals surface area contributed by atoms with Gasteiger partial charge in [0.1, 0.15) is 5.83 Å². The molecule has 0 saturated carbocycles. The van der Waals surface area contributed by atoms with Crippen LogP contribution in [0.15, 0.2) is 42.8 Å². The number of halogens is 4. The highest BCUT2D eigenvalue weighted by Crippen LogP contribution is 2.27. The van der Waals surface area contributed by atoms with Crippen LogP contribution in [0.2, 0.25) is 0 Å². The lowest BCUT2D eigenvalue weighted by Gasteiger charge is -2.06. The second-order valence-corrected chi connectivity index (χ2v) is 3.54. The molecule has 0 saturated heterocycles. The first-order valence-electron chi connectivity index (χ1n) is 4.70. The Balaban J connectivity index is 3.23. The highest BCUT2D eigenvalue weighted by atomic mass is 19.2. The van der Waals surface area contributed by atoms with E-state index in [1.807, 2.05) is 0 Å². The summed E-state index contributed by atoms with van der Waals surface area (Å²) in [6.07, 6.45) is 1.03. The van der Waals surface area contributed by atoms with Crippen LogP contribution in [0, 0.1) is 17.5 Å². The normalized spacial score (nSPS) is 11.5. The molecular weight excluding hydrogens is 232 g/mol. The minimum Gasteiger partial charge on any atom is -0.206 e. The van der Waals surface area contributed by atoms with Gasteiger partial charge in [-0.1, -0.05) is 18.7 Å². The maximum atomic E-state index is 13.5. The van der Waals surface area contributed by atoms with Crippen molar-refractivity contribution >= 4 is 5.57 Å².